The number of para-hydroxylation sites is 1. The van der Waals surface area contributed by atoms with Gasteiger partial charge in [-0.05, 0) is 39.4 Å². The molecule has 0 saturated carbocycles. The Hall–Kier alpha value is -1.39. The SMILES string of the molecule is CN1CCC(C)(C)N(c2ccccc2)C(=O)C1CO. The molecule has 2 rings (SSSR count). The van der Waals surface area contributed by atoms with Crippen molar-refractivity contribution in [2.24, 2.45) is 0 Å². The van der Waals surface area contributed by atoms with Gasteiger partial charge in [0.1, 0.15) is 6.04 Å². The van der Waals surface area contributed by atoms with Crippen molar-refractivity contribution < 1.29 is 9.90 Å². The quantitative estimate of drug-likeness (QED) is 0.878. The Balaban J connectivity index is 2.44. The summed E-state index contributed by atoms with van der Waals surface area (Å²) in [5, 5.41) is 9.50. The first kappa shape index (κ1) is 14.0. The number of hydrogen-bond acceptors (Lipinski definition) is 3. The molecule has 1 saturated heterocycles. The van der Waals surface area contributed by atoms with Gasteiger partial charge in [-0.3, -0.25) is 9.69 Å². The molecule has 1 N–H and O–H groups in total. The lowest BCUT2D eigenvalue weighted by atomic mass is 9.97. The minimum absolute atomic E-state index is 0.0290. The molecule has 0 aromatic heterocycles. The van der Waals surface area contributed by atoms with Crippen LogP contribution in [0.1, 0.15) is 20.3 Å². The third kappa shape index (κ3) is 2.65. The van der Waals surface area contributed by atoms with E-state index in [0.29, 0.717) is 0 Å². The van der Waals surface area contributed by atoms with E-state index in [1.807, 2.05) is 47.2 Å². The predicted octanol–water partition coefficient (Wildman–Crippen LogP) is 1.49. The Kier molecular flexibility index (Phi) is 3.92. The van der Waals surface area contributed by atoms with E-state index in [4.69, 9.17) is 0 Å². The highest BCUT2D eigenvalue weighted by molar-refractivity contribution is 5.98. The van der Waals surface area contributed by atoms with Gasteiger partial charge in [0.2, 0.25) is 5.91 Å². The van der Waals surface area contributed by atoms with Crippen molar-refractivity contribution in [3.8, 4) is 0 Å². The summed E-state index contributed by atoms with van der Waals surface area (Å²) in [5.41, 5.74) is 0.641. The average molecular weight is 262 g/mol. The zero-order valence-corrected chi connectivity index (χ0v) is 11.8. The Morgan fingerprint density at radius 2 is 1.95 bits per heavy atom. The van der Waals surface area contributed by atoms with Crippen molar-refractivity contribution in [1.82, 2.24) is 4.90 Å². The second-order valence-electron chi connectivity index (χ2n) is 5.75. The molecule has 0 radical (unpaired) electrons. The van der Waals surface area contributed by atoms with E-state index in [-0.39, 0.29) is 18.1 Å². The number of likely N-dealkylation sites (N-methyl/N-ethyl adjacent to an activating group) is 1. The molecule has 1 aliphatic heterocycles. The first-order valence-electron chi connectivity index (χ1n) is 6.67. The highest BCUT2D eigenvalue weighted by Crippen LogP contribution is 2.30. The lowest BCUT2D eigenvalue weighted by Crippen LogP contribution is -2.52. The van der Waals surface area contributed by atoms with E-state index in [9.17, 15) is 9.90 Å². The topological polar surface area (TPSA) is 43.8 Å². The first-order valence-corrected chi connectivity index (χ1v) is 6.67. The molecule has 1 aromatic carbocycles. The van der Waals surface area contributed by atoms with E-state index in [2.05, 4.69) is 13.8 Å². The number of aliphatic hydroxyl groups is 1. The number of rotatable bonds is 2. The third-order valence-electron chi connectivity index (χ3n) is 3.91. The molecule has 1 aromatic rings. The minimum atomic E-state index is -0.456. The van der Waals surface area contributed by atoms with Gasteiger partial charge < -0.3 is 10.0 Å². The van der Waals surface area contributed by atoms with E-state index in [1.165, 1.54) is 0 Å². The Morgan fingerprint density at radius 3 is 2.53 bits per heavy atom. The molecular weight excluding hydrogens is 240 g/mol. The predicted molar refractivity (Wildman–Crippen MR) is 76.1 cm³/mol. The molecule has 1 unspecified atom stereocenters. The average Bonchev–Trinajstić information content (AvgIpc) is 2.46. The van der Waals surface area contributed by atoms with Gasteiger partial charge in [-0.2, -0.15) is 0 Å². The monoisotopic (exact) mass is 262 g/mol. The first-order chi connectivity index (χ1) is 8.97. The zero-order valence-electron chi connectivity index (χ0n) is 11.8. The molecule has 1 fully saturated rings. The summed E-state index contributed by atoms with van der Waals surface area (Å²) >= 11 is 0. The van der Waals surface area contributed by atoms with E-state index in [0.717, 1.165) is 18.7 Å². The summed E-state index contributed by atoms with van der Waals surface area (Å²) < 4.78 is 0. The van der Waals surface area contributed by atoms with E-state index >= 15 is 0 Å². The number of nitrogens with zero attached hydrogens (tertiary/aromatic N) is 2. The summed E-state index contributed by atoms with van der Waals surface area (Å²) in [6.45, 7) is 4.80. The normalized spacial score (nSPS) is 24.3. The van der Waals surface area contributed by atoms with Gasteiger partial charge in [0, 0.05) is 17.8 Å². The standard InChI is InChI=1S/C15H22N2O2/c1-15(2)9-10-16(3)13(11-18)14(19)17(15)12-7-5-4-6-8-12/h4-8,13,18H,9-11H2,1-3H3. The van der Waals surface area contributed by atoms with Gasteiger partial charge in [-0.1, -0.05) is 18.2 Å². The van der Waals surface area contributed by atoms with Crippen LogP contribution in [0.2, 0.25) is 0 Å². The number of hydrogen-bond donors (Lipinski definition) is 1. The molecule has 1 amide bonds. The summed E-state index contributed by atoms with van der Waals surface area (Å²) in [6, 6.07) is 9.23. The van der Waals surface area contributed by atoms with Gasteiger partial charge in [-0.25, -0.2) is 0 Å². The lowest BCUT2D eigenvalue weighted by molar-refractivity contribution is -0.124. The van der Waals surface area contributed by atoms with Crippen LogP contribution in [-0.2, 0) is 4.79 Å². The summed E-state index contributed by atoms with van der Waals surface area (Å²) in [5.74, 6) is -0.0290. The van der Waals surface area contributed by atoms with Crippen LogP contribution in [0.5, 0.6) is 0 Å². The molecule has 104 valence electrons. The number of benzene rings is 1. The Bertz CT molecular complexity index is 445. The number of anilines is 1. The maximum Gasteiger partial charge on any atom is 0.247 e. The fourth-order valence-corrected chi connectivity index (χ4v) is 2.62. The number of amides is 1. The van der Waals surface area contributed by atoms with Crippen LogP contribution in [0, 0.1) is 0 Å². The van der Waals surface area contributed by atoms with Crippen LogP contribution in [0.25, 0.3) is 0 Å². The molecular formula is C15H22N2O2. The fraction of sp³-hybridized carbons (Fsp3) is 0.533. The Labute approximate surface area is 114 Å². The van der Waals surface area contributed by atoms with E-state index < -0.39 is 6.04 Å². The molecule has 0 aliphatic carbocycles. The minimum Gasteiger partial charge on any atom is -0.394 e. The zero-order chi connectivity index (χ0) is 14.0. The molecule has 19 heavy (non-hydrogen) atoms. The molecule has 1 aliphatic rings. The van der Waals surface area contributed by atoms with Gasteiger partial charge >= 0.3 is 0 Å². The van der Waals surface area contributed by atoms with Crippen molar-refractivity contribution in [3.63, 3.8) is 0 Å². The Morgan fingerprint density at radius 1 is 1.32 bits per heavy atom. The van der Waals surface area contributed by atoms with Crippen LogP contribution in [0.3, 0.4) is 0 Å². The second-order valence-corrected chi connectivity index (χ2v) is 5.75. The van der Waals surface area contributed by atoms with Crippen molar-refractivity contribution in [2.75, 3.05) is 25.1 Å². The lowest BCUT2D eigenvalue weighted by Gasteiger charge is -2.37. The molecule has 0 spiro atoms. The van der Waals surface area contributed by atoms with E-state index in [1.54, 1.807) is 0 Å². The van der Waals surface area contributed by atoms with Gasteiger partial charge in [-0.15, -0.1) is 0 Å². The third-order valence-corrected chi connectivity index (χ3v) is 3.91. The van der Waals surface area contributed by atoms with Crippen molar-refractivity contribution in [3.05, 3.63) is 30.3 Å². The highest BCUT2D eigenvalue weighted by Gasteiger charge is 2.40. The maximum atomic E-state index is 12.7. The fourth-order valence-electron chi connectivity index (χ4n) is 2.62. The highest BCUT2D eigenvalue weighted by atomic mass is 16.3. The molecule has 1 heterocycles. The number of carbonyl (C=O) groups excluding carboxylic acids is 1. The molecule has 4 nitrogen and oxygen atoms in total. The number of carbonyl (C=O) groups is 1. The maximum absolute atomic E-state index is 12.7. The largest absolute Gasteiger partial charge is 0.394 e. The molecule has 1 atom stereocenters. The van der Waals surface area contributed by atoms with Crippen LogP contribution in [0.4, 0.5) is 5.69 Å². The smallest absolute Gasteiger partial charge is 0.247 e. The van der Waals surface area contributed by atoms with Gasteiger partial charge in [0.25, 0.3) is 0 Å². The van der Waals surface area contributed by atoms with Crippen LogP contribution in [0.15, 0.2) is 30.3 Å². The van der Waals surface area contributed by atoms with Gasteiger partial charge in [0.05, 0.1) is 6.61 Å². The van der Waals surface area contributed by atoms with Crippen molar-refractivity contribution in [1.29, 1.82) is 0 Å². The van der Waals surface area contributed by atoms with Crippen molar-refractivity contribution >= 4 is 11.6 Å². The van der Waals surface area contributed by atoms with Crippen LogP contribution >= 0.6 is 0 Å². The van der Waals surface area contributed by atoms with Crippen LogP contribution in [-0.4, -0.2) is 47.7 Å². The van der Waals surface area contributed by atoms with Gasteiger partial charge in [0.15, 0.2) is 0 Å². The van der Waals surface area contributed by atoms with Crippen molar-refractivity contribution in [2.45, 2.75) is 31.8 Å². The summed E-state index contributed by atoms with van der Waals surface area (Å²) in [4.78, 5) is 16.5. The number of aliphatic hydroxyl groups excluding tert-OH is 1. The van der Waals surface area contributed by atoms with Crippen LogP contribution < -0.4 is 4.90 Å². The molecule has 4 heteroatoms. The summed E-state index contributed by atoms with van der Waals surface area (Å²) in [6.07, 6.45) is 0.876. The second kappa shape index (κ2) is 5.31. The summed E-state index contributed by atoms with van der Waals surface area (Å²) in [7, 11) is 1.89. The molecule has 0 bridgehead atoms.